The van der Waals surface area contributed by atoms with Crippen molar-refractivity contribution >= 4 is 22.2 Å². The van der Waals surface area contributed by atoms with E-state index in [1.54, 1.807) is 20.4 Å². The minimum atomic E-state index is -2.19. The first kappa shape index (κ1) is 18.9. The molecule has 1 saturated carbocycles. The van der Waals surface area contributed by atoms with Gasteiger partial charge in [0.1, 0.15) is 0 Å². The molecule has 0 radical (unpaired) electrons. The summed E-state index contributed by atoms with van der Waals surface area (Å²) in [5.74, 6) is 1.29. The van der Waals surface area contributed by atoms with Crippen molar-refractivity contribution in [2.45, 2.75) is 25.4 Å². The first-order chi connectivity index (χ1) is 13.6. The molecule has 3 aromatic rings. The average molecular weight is 397 g/mol. The van der Waals surface area contributed by atoms with Gasteiger partial charge in [-0.2, -0.15) is 0 Å². The molecule has 0 bridgehead atoms. The largest absolute Gasteiger partial charge is 0.760 e. The molecule has 2 aromatic carbocycles. The molecule has 0 aliphatic heterocycles. The fourth-order valence-electron chi connectivity index (χ4n) is 3.36. The van der Waals surface area contributed by atoms with Gasteiger partial charge in [0.05, 0.1) is 19.7 Å². The van der Waals surface area contributed by atoms with Crippen LogP contribution in [0.3, 0.4) is 0 Å². The summed E-state index contributed by atoms with van der Waals surface area (Å²) < 4.78 is 35.2. The molecule has 0 N–H and O–H groups in total. The molecular formula is C21H21N2O4S-. The summed E-state index contributed by atoms with van der Waals surface area (Å²) in [6.07, 6.45) is 3.66. The number of methoxy groups -OCH3 is 2. The minimum absolute atomic E-state index is 0.157. The molecule has 1 unspecified atom stereocenters. The third-order valence-electron chi connectivity index (χ3n) is 5.00. The third-order valence-corrected chi connectivity index (χ3v) is 5.81. The molecule has 146 valence electrons. The predicted molar refractivity (Wildman–Crippen MR) is 108 cm³/mol. The monoisotopic (exact) mass is 397 g/mol. The maximum Gasteiger partial charge on any atom is 0.162 e. The van der Waals surface area contributed by atoms with Gasteiger partial charge in [0, 0.05) is 41.5 Å². The molecule has 0 amide bonds. The van der Waals surface area contributed by atoms with Crippen LogP contribution in [-0.2, 0) is 17.8 Å². The summed E-state index contributed by atoms with van der Waals surface area (Å²) in [5.41, 5.74) is 3.85. The number of nitrogens with zero attached hydrogens (tertiary/aromatic N) is 2. The number of benzene rings is 2. The Hall–Kier alpha value is -2.48. The number of hydrogen-bond donors (Lipinski definition) is 0. The Balaban J connectivity index is 1.67. The van der Waals surface area contributed by atoms with Crippen LogP contribution in [0.15, 0.2) is 48.7 Å². The smallest absolute Gasteiger partial charge is 0.162 e. The topological polar surface area (TPSA) is 74.7 Å². The molecular weight excluding hydrogens is 376 g/mol. The minimum Gasteiger partial charge on any atom is -0.760 e. The molecule has 1 aliphatic carbocycles. The Bertz CT molecular complexity index is 1020. The van der Waals surface area contributed by atoms with Crippen LogP contribution in [0.4, 0.5) is 0 Å². The Kier molecular flexibility index (Phi) is 5.30. The second-order valence-electron chi connectivity index (χ2n) is 6.80. The Labute approximate surface area is 166 Å². The third kappa shape index (κ3) is 3.73. The lowest BCUT2D eigenvalue weighted by Crippen LogP contribution is -2.27. The van der Waals surface area contributed by atoms with Crippen LogP contribution < -0.4 is 9.47 Å². The van der Waals surface area contributed by atoms with Gasteiger partial charge in [-0.1, -0.05) is 24.3 Å². The number of hydrogen-bond acceptors (Lipinski definition) is 5. The summed E-state index contributed by atoms with van der Waals surface area (Å²) in [4.78, 5) is 4.44. The standard InChI is InChI=1S/C21H22N2O4S/c1-26-20-11-18-17(9-10-22-19(18)12-21(20)27-2)15-5-3-14(4-6-15)13-23(28(24)25)16-7-8-16/h3-6,9-12,16H,7-8,13H2,1-2H3,(H,24,25)/p-1. The van der Waals surface area contributed by atoms with Crippen LogP contribution in [0.1, 0.15) is 18.4 Å². The van der Waals surface area contributed by atoms with E-state index in [1.165, 1.54) is 4.31 Å². The molecule has 1 aromatic heterocycles. The van der Waals surface area contributed by atoms with Crippen molar-refractivity contribution in [1.29, 1.82) is 0 Å². The van der Waals surface area contributed by atoms with E-state index in [2.05, 4.69) is 4.98 Å². The maximum absolute atomic E-state index is 11.4. The molecule has 0 spiro atoms. The number of pyridine rings is 1. The normalized spacial score (nSPS) is 15.0. The van der Waals surface area contributed by atoms with Crippen LogP contribution in [0.25, 0.3) is 22.0 Å². The fraction of sp³-hybridized carbons (Fsp3) is 0.286. The van der Waals surface area contributed by atoms with E-state index >= 15 is 0 Å². The number of ether oxygens (including phenoxy) is 2. The summed E-state index contributed by atoms with van der Waals surface area (Å²) >= 11 is -2.19. The molecule has 4 rings (SSSR count). The summed E-state index contributed by atoms with van der Waals surface area (Å²) in [7, 11) is 3.21. The molecule has 28 heavy (non-hydrogen) atoms. The van der Waals surface area contributed by atoms with E-state index in [1.807, 2.05) is 42.5 Å². The zero-order valence-electron chi connectivity index (χ0n) is 15.8. The van der Waals surface area contributed by atoms with E-state index in [0.29, 0.717) is 18.0 Å². The van der Waals surface area contributed by atoms with Crippen molar-refractivity contribution in [3.63, 3.8) is 0 Å². The van der Waals surface area contributed by atoms with Gasteiger partial charge in [-0.15, -0.1) is 0 Å². The van der Waals surface area contributed by atoms with E-state index in [-0.39, 0.29) is 6.04 Å². The zero-order valence-corrected chi connectivity index (χ0v) is 16.6. The van der Waals surface area contributed by atoms with Crippen molar-refractivity contribution in [2.75, 3.05) is 14.2 Å². The van der Waals surface area contributed by atoms with Gasteiger partial charge in [-0.3, -0.25) is 9.19 Å². The second kappa shape index (κ2) is 7.87. The summed E-state index contributed by atoms with van der Waals surface area (Å²) in [6.45, 7) is 0.406. The van der Waals surface area contributed by atoms with Crippen molar-refractivity contribution in [3.8, 4) is 22.6 Å². The molecule has 1 atom stereocenters. The van der Waals surface area contributed by atoms with Crippen molar-refractivity contribution in [2.24, 2.45) is 0 Å². The van der Waals surface area contributed by atoms with Crippen molar-refractivity contribution in [1.82, 2.24) is 9.29 Å². The van der Waals surface area contributed by atoms with Crippen LogP contribution in [0, 0.1) is 0 Å². The molecule has 7 heteroatoms. The van der Waals surface area contributed by atoms with Gasteiger partial charge in [-0.25, -0.2) is 4.31 Å². The van der Waals surface area contributed by atoms with E-state index in [0.717, 1.165) is 40.4 Å². The van der Waals surface area contributed by atoms with E-state index in [9.17, 15) is 8.76 Å². The lowest BCUT2D eigenvalue weighted by Gasteiger charge is -2.24. The number of fused-ring (bicyclic) bond motifs is 1. The van der Waals surface area contributed by atoms with Crippen LogP contribution >= 0.6 is 0 Å². The molecule has 1 heterocycles. The molecule has 1 fully saturated rings. The SMILES string of the molecule is COc1cc2nccc(-c3ccc(CN(C4CC4)S(=O)[O-])cc3)c2cc1OC. The van der Waals surface area contributed by atoms with Crippen LogP contribution in [0.2, 0.25) is 0 Å². The fourth-order valence-corrected chi connectivity index (χ4v) is 4.07. The van der Waals surface area contributed by atoms with Gasteiger partial charge >= 0.3 is 0 Å². The van der Waals surface area contributed by atoms with Gasteiger partial charge in [0.2, 0.25) is 0 Å². The predicted octanol–water partition coefficient (Wildman–Crippen LogP) is 3.68. The Morgan fingerprint density at radius 3 is 2.39 bits per heavy atom. The first-order valence-electron chi connectivity index (χ1n) is 9.07. The highest BCUT2D eigenvalue weighted by Gasteiger charge is 2.29. The van der Waals surface area contributed by atoms with Gasteiger partial charge < -0.3 is 14.0 Å². The Morgan fingerprint density at radius 1 is 1.11 bits per heavy atom. The van der Waals surface area contributed by atoms with Crippen molar-refractivity contribution < 1.29 is 18.2 Å². The second-order valence-corrected chi connectivity index (χ2v) is 7.71. The molecule has 1 aliphatic rings. The highest BCUT2D eigenvalue weighted by atomic mass is 32.2. The highest BCUT2D eigenvalue weighted by molar-refractivity contribution is 7.76. The zero-order chi connectivity index (χ0) is 19.7. The van der Waals surface area contributed by atoms with Gasteiger partial charge in [0.15, 0.2) is 11.5 Å². The van der Waals surface area contributed by atoms with Crippen LogP contribution in [0.5, 0.6) is 11.5 Å². The number of aromatic nitrogens is 1. The first-order valence-corrected chi connectivity index (χ1v) is 10.1. The van der Waals surface area contributed by atoms with Gasteiger partial charge in [-0.05, 0) is 41.7 Å². The molecule has 6 nitrogen and oxygen atoms in total. The summed E-state index contributed by atoms with van der Waals surface area (Å²) in [5, 5.41) is 0.966. The maximum atomic E-state index is 11.4. The summed E-state index contributed by atoms with van der Waals surface area (Å²) in [6, 6.07) is 13.9. The van der Waals surface area contributed by atoms with E-state index in [4.69, 9.17) is 9.47 Å². The highest BCUT2D eigenvalue weighted by Crippen LogP contribution is 2.36. The van der Waals surface area contributed by atoms with Gasteiger partial charge in [0.25, 0.3) is 0 Å². The lowest BCUT2D eigenvalue weighted by atomic mass is 10.00. The number of rotatable bonds is 7. The molecule has 0 saturated heterocycles. The Morgan fingerprint density at radius 2 is 1.79 bits per heavy atom. The lowest BCUT2D eigenvalue weighted by molar-refractivity contribution is 0.356. The van der Waals surface area contributed by atoms with Crippen LogP contribution in [-0.4, -0.2) is 38.3 Å². The van der Waals surface area contributed by atoms with Crippen molar-refractivity contribution in [3.05, 3.63) is 54.2 Å². The van der Waals surface area contributed by atoms with E-state index < -0.39 is 11.3 Å². The quantitative estimate of drug-likeness (QED) is 0.569. The average Bonchev–Trinajstić information content (AvgIpc) is 3.55.